The van der Waals surface area contributed by atoms with E-state index in [2.05, 4.69) is 4.74 Å². The lowest BCUT2D eigenvalue weighted by Crippen LogP contribution is -2.41. The molecule has 1 fully saturated rings. The Morgan fingerprint density at radius 2 is 1.41 bits per heavy atom. The van der Waals surface area contributed by atoms with Crippen LogP contribution in [0.1, 0.15) is 38.1 Å². The van der Waals surface area contributed by atoms with Gasteiger partial charge < -0.3 is 14.0 Å². The highest BCUT2D eigenvalue weighted by Crippen LogP contribution is 2.36. The van der Waals surface area contributed by atoms with E-state index in [1.54, 1.807) is 41.9 Å². The number of carbonyl (C=O) groups excluding carboxylic acids is 1. The van der Waals surface area contributed by atoms with Crippen molar-refractivity contribution in [3.8, 4) is 0 Å². The Labute approximate surface area is 129 Å². The van der Waals surface area contributed by atoms with Gasteiger partial charge in [-0.25, -0.2) is 8.78 Å². The van der Waals surface area contributed by atoms with Gasteiger partial charge in [-0.1, -0.05) is 0 Å². The SMILES string of the molecule is CC1(C)OB(c2c(F)cc(C=O)cc2F)OC1(C)C.COC. The molecule has 0 aromatic heterocycles. The van der Waals surface area contributed by atoms with Crippen molar-refractivity contribution in [1.29, 1.82) is 0 Å². The molecular formula is C15H21BF2O4. The third kappa shape index (κ3) is 3.71. The molecule has 1 aliphatic rings. The van der Waals surface area contributed by atoms with Gasteiger partial charge in [0.05, 0.1) is 16.7 Å². The summed E-state index contributed by atoms with van der Waals surface area (Å²) in [7, 11) is 2.13. The Kier molecular flexibility index (Phi) is 5.84. The average Bonchev–Trinajstić information content (AvgIpc) is 2.57. The Morgan fingerprint density at radius 3 is 1.73 bits per heavy atom. The standard InChI is InChI=1S/C13H15BF2O3.C2H6O/c1-12(2)13(3,4)19-14(18-12)11-9(15)5-8(7-17)6-10(11)16;1-3-2/h5-7H,1-4H3;1-2H3. The molecule has 0 unspecified atom stereocenters. The molecule has 0 amide bonds. The molecule has 1 heterocycles. The molecule has 1 aromatic carbocycles. The zero-order valence-corrected chi connectivity index (χ0v) is 13.7. The highest BCUT2D eigenvalue weighted by molar-refractivity contribution is 6.62. The predicted molar refractivity (Wildman–Crippen MR) is 80.4 cm³/mol. The third-order valence-electron chi connectivity index (χ3n) is 3.73. The van der Waals surface area contributed by atoms with Crippen LogP contribution in [0, 0.1) is 11.6 Å². The van der Waals surface area contributed by atoms with Gasteiger partial charge in [0.15, 0.2) is 0 Å². The van der Waals surface area contributed by atoms with E-state index in [9.17, 15) is 13.6 Å². The molecule has 0 spiro atoms. The Bertz CT molecular complexity index is 507. The summed E-state index contributed by atoms with van der Waals surface area (Å²) in [5, 5.41) is 0. The molecule has 7 heteroatoms. The minimum absolute atomic E-state index is 0.0599. The van der Waals surface area contributed by atoms with Crippen LogP contribution >= 0.6 is 0 Å². The largest absolute Gasteiger partial charge is 0.500 e. The lowest BCUT2D eigenvalue weighted by molar-refractivity contribution is 0.00578. The molecule has 2 rings (SSSR count). The number of ether oxygens (including phenoxy) is 1. The van der Waals surface area contributed by atoms with E-state index >= 15 is 0 Å². The normalized spacial score (nSPS) is 18.6. The fraction of sp³-hybridized carbons (Fsp3) is 0.533. The Morgan fingerprint density at radius 1 is 1.05 bits per heavy atom. The number of hydrogen-bond donors (Lipinski definition) is 0. The maximum atomic E-state index is 13.9. The number of aldehydes is 1. The van der Waals surface area contributed by atoms with Crippen LogP contribution in [0.3, 0.4) is 0 Å². The van der Waals surface area contributed by atoms with Gasteiger partial charge >= 0.3 is 7.12 Å². The Balaban J connectivity index is 0.000000745. The summed E-state index contributed by atoms with van der Waals surface area (Å²) in [4.78, 5) is 10.6. The van der Waals surface area contributed by atoms with Crippen molar-refractivity contribution in [3.05, 3.63) is 29.3 Å². The van der Waals surface area contributed by atoms with Gasteiger partial charge in [0.25, 0.3) is 0 Å². The van der Waals surface area contributed by atoms with E-state index in [0.717, 1.165) is 12.1 Å². The van der Waals surface area contributed by atoms with Crippen molar-refractivity contribution < 1.29 is 27.6 Å². The number of methoxy groups -OCH3 is 1. The number of hydrogen-bond acceptors (Lipinski definition) is 4. The number of rotatable bonds is 2. The fourth-order valence-corrected chi connectivity index (χ4v) is 1.86. The molecular weight excluding hydrogens is 293 g/mol. The predicted octanol–water partition coefficient (Wildman–Crippen LogP) is 2.34. The Hall–Kier alpha value is -1.31. The highest BCUT2D eigenvalue weighted by Gasteiger charge is 2.53. The molecule has 0 saturated carbocycles. The van der Waals surface area contributed by atoms with Crippen LogP contribution in [0.15, 0.2) is 12.1 Å². The van der Waals surface area contributed by atoms with Crippen molar-refractivity contribution in [2.24, 2.45) is 0 Å². The number of halogens is 2. The third-order valence-corrected chi connectivity index (χ3v) is 3.73. The van der Waals surface area contributed by atoms with Gasteiger partial charge in [-0.2, -0.15) is 0 Å². The first-order valence-electron chi connectivity index (χ1n) is 6.79. The van der Waals surface area contributed by atoms with Crippen molar-refractivity contribution in [3.63, 3.8) is 0 Å². The molecule has 0 aliphatic carbocycles. The zero-order chi connectivity index (χ0) is 17.1. The summed E-state index contributed by atoms with van der Waals surface area (Å²) in [5.74, 6) is -1.69. The van der Waals surface area contributed by atoms with Crippen LogP contribution in [0.4, 0.5) is 8.78 Å². The second-order valence-corrected chi connectivity index (χ2v) is 6.01. The molecule has 4 nitrogen and oxygen atoms in total. The average molecular weight is 314 g/mol. The molecule has 22 heavy (non-hydrogen) atoms. The maximum Gasteiger partial charge on any atom is 0.500 e. The second kappa shape index (κ2) is 6.85. The topological polar surface area (TPSA) is 44.8 Å². The van der Waals surface area contributed by atoms with Crippen LogP contribution in [0.5, 0.6) is 0 Å². The zero-order valence-electron chi connectivity index (χ0n) is 13.7. The summed E-state index contributed by atoms with van der Waals surface area (Å²) in [6.07, 6.45) is 0.389. The highest BCUT2D eigenvalue weighted by atomic mass is 19.1. The van der Waals surface area contributed by atoms with E-state index in [1.807, 2.05) is 0 Å². The smallest absolute Gasteiger partial charge is 0.399 e. The van der Waals surface area contributed by atoms with Crippen LogP contribution < -0.4 is 5.46 Å². The van der Waals surface area contributed by atoms with E-state index in [-0.39, 0.29) is 11.0 Å². The van der Waals surface area contributed by atoms with E-state index < -0.39 is 30.0 Å². The van der Waals surface area contributed by atoms with Crippen molar-refractivity contribution in [2.75, 3.05) is 14.2 Å². The molecule has 1 saturated heterocycles. The van der Waals surface area contributed by atoms with E-state index in [4.69, 9.17) is 9.31 Å². The van der Waals surface area contributed by atoms with Crippen LogP contribution in [-0.2, 0) is 14.0 Å². The van der Waals surface area contributed by atoms with Gasteiger partial charge in [-0.15, -0.1) is 0 Å². The first kappa shape index (κ1) is 18.7. The van der Waals surface area contributed by atoms with E-state index in [1.165, 1.54) is 0 Å². The summed E-state index contributed by atoms with van der Waals surface area (Å²) in [6.45, 7) is 7.18. The minimum atomic E-state index is -1.12. The quantitative estimate of drug-likeness (QED) is 0.621. The molecule has 1 aromatic rings. The van der Waals surface area contributed by atoms with Crippen LogP contribution in [-0.4, -0.2) is 38.8 Å². The monoisotopic (exact) mass is 314 g/mol. The van der Waals surface area contributed by atoms with Gasteiger partial charge in [0.1, 0.15) is 17.9 Å². The fourth-order valence-electron chi connectivity index (χ4n) is 1.86. The molecule has 0 atom stereocenters. The number of benzene rings is 1. The molecule has 0 radical (unpaired) electrons. The van der Waals surface area contributed by atoms with Gasteiger partial charge in [-0.3, -0.25) is 4.79 Å². The van der Waals surface area contributed by atoms with Crippen LogP contribution in [0.25, 0.3) is 0 Å². The van der Waals surface area contributed by atoms with Crippen molar-refractivity contribution >= 4 is 18.9 Å². The molecule has 1 aliphatic heterocycles. The molecule has 0 bridgehead atoms. The van der Waals surface area contributed by atoms with Gasteiger partial charge in [-0.05, 0) is 39.8 Å². The van der Waals surface area contributed by atoms with E-state index in [0.29, 0.717) is 6.29 Å². The minimum Gasteiger partial charge on any atom is -0.399 e. The lowest BCUT2D eigenvalue weighted by Gasteiger charge is -2.32. The molecule has 0 N–H and O–H groups in total. The van der Waals surface area contributed by atoms with Crippen molar-refractivity contribution in [2.45, 2.75) is 38.9 Å². The summed E-state index contributed by atoms with van der Waals surface area (Å²) in [5.41, 5.74) is -1.72. The van der Waals surface area contributed by atoms with Gasteiger partial charge in [0, 0.05) is 19.8 Å². The first-order valence-corrected chi connectivity index (χ1v) is 6.79. The maximum absolute atomic E-state index is 13.9. The summed E-state index contributed by atoms with van der Waals surface area (Å²) >= 11 is 0. The van der Waals surface area contributed by atoms with Gasteiger partial charge in [0.2, 0.25) is 0 Å². The van der Waals surface area contributed by atoms with Crippen molar-refractivity contribution in [1.82, 2.24) is 0 Å². The second-order valence-electron chi connectivity index (χ2n) is 6.01. The molecule has 122 valence electrons. The summed E-state index contributed by atoms with van der Waals surface area (Å²) < 4.78 is 43.2. The number of carbonyl (C=O) groups is 1. The summed E-state index contributed by atoms with van der Waals surface area (Å²) in [6, 6.07) is 1.94. The first-order chi connectivity index (χ1) is 10.1. The lowest BCUT2D eigenvalue weighted by atomic mass is 9.78. The van der Waals surface area contributed by atoms with Crippen LogP contribution in [0.2, 0.25) is 0 Å².